The maximum Gasteiger partial charge on any atom is 0.317 e. The second-order valence-corrected chi connectivity index (χ2v) is 7.06. The number of nitrogens with one attached hydrogen (secondary N) is 2. The number of amides is 2. The van der Waals surface area contributed by atoms with Crippen LogP contribution in [0.15, 0.2) is 54.9 Å². The van der Waals surface area contributed by atoms with Crippen LogP contribution in [0.1, 0.15) is 23.7 Å². The number of urea groups is 1. The second kappa shape index (κ2) is 7.80. The summed E-state index contributed by atoms with van der Waals surface area (Å²) >= 11 is 5.99. The van der Waals surface area contributed by atoms with Gasteiger partial charge in [-0.2, -0.15) is 5.10 Å². The third-order valence-electron chi connectivity index (χ3n) is 4.90. The summed E-state index contributed by atoms with van der Waals surface area (Å²) in [5.41, 5.74) is 3.24. The van der Waals surface area contributed by atoms with Crippen LogP contribution in [0.2, 0.25) is 5.02 Å². The van der Waals surface area contributed by atoms with Crippen molar-refractivity contribution in [2.24, 2.45) is 0 Å². The van der Waals surface area contributed by atoms with Crippen LogP contribution in [0, 0.1) is 0 Å². The number of likely N-dealkylation sites (tertiary alicyclic amines) is 1. The Morgan fingerprint density at radius 1 is 1.22 bits per heavy atom. The van der Waals surface area contributed by atoms with Gasteiger partial charge in [0, 0.05) is 30.6 Å². The topological polar surface area (TPSA) is 73.9 Å². The highest BCUT2D eigenvalue weighted by Gasteiger charge is 2.28. The summed E-state index contributed by atoms with van der Waals surface area (Å²) in [6.45, 7) is 1.84. The molecule has 1 fully saturated rings. The smallest absolute Gasteiger partial charge is 0.317 e. The normalized spacial score (nSPS) is 16.5. The predicted octanol–water partition coefficient (Wildman–Crippen LogP) is 3.82. The van der Waals surface area contributed by atoms with Crippen LogP contribution in [0.5, 0.6) is 0 Å². The molecule has 3 aromatic rings. The monoisotopic (exact) mass is 381 g/mol. The highest BCUT2D eigenvalue weighted by atomic mass is 35.5. The van der Waals surface area contributed by atoms with Gasteiger partial charge in [-0.1, -0.05) is 48.0 Å². The van der Waals surface area contributed by atoms with Gasteiger partial charge in [0.15, 0.2) is 0 Å². The molecule has 0 bridgehead atoms. The molecular weight excluding hydrogens is 362 g/mol. The van der Waals surface area contributed by atoms with Crippen molar-refractivity contribution in [3.8, 4) is 11.1 Å². The first kappa shape index (κ1) is 17.5. The summed E-state index contributed by atoms with van der Waals surface area (Å²) in [5.74, 6) is 1.07. The molecule has 2 amide bonds. The molecule has 0 saturated carbocycles. The van der Waals surface area contributed by atoms with Gasteiger partial charge >= 0.3 is 6.03 Å². The molecule has 138 valence electrons. The minimum absolute atomic E-state index is 0.0528. The molecular formula is C20H20ClN5O. The molecule has 27 heavy (non-hydrogen) atoms. The number of aromatic amines is 1. The quantitative estimate of drug-likeness (QED) is 0.721. The Kier molecular flexibility index (Phi) is 5.07. The van der Waals surface area contributed by atoms with Crippen molar-refractivity contribution < 1.29 is 4.79 Å². The van der Waals surface area contributed by atoms with Gasteiger partial charge in [-0.3, -0.25) is 5.10 Å². The Morgan fingerprint density at radius 3 is 2.81 bits per heavy atom. The highest BCUT2D eigenvalue weighted by Crippen LogP contribution is 2.26. The minimum atomic E-state index is -0.0528. The van der Waals surface area contributed by atoms with Crippen molar-refractivity contribution in [2.75, 3.05) is 13.1 Å². The summed E-state index contributed by atoms with van der Waals surface area (Å²) < 4.78 is 0. The lowest BCUT2D eigenvalue weighted by Crippen LogP contribution is -2.38. The van der Waals surface area contributed by atoms with Crippen molar-refractivity contribution in [1.29, 1.82) is 0 Å². The number of halogens is 1. The zero-order valence-electron chi connectivity index (χ0n) is 14.7. The van der Waals surface area contributed by atoms with Crippen LogP contribution in [0.3, 0.4) is 0 Å². The Hall–Kier alpha value is -2.86. The van der Waals surface area contributed by atoms with Crippen molar-refractivity contribution in [3.05, 3.63) is 71.3 Å². The number of carbonyl (C=O) groups excluding carboxylic acids is 1. The fourth-order valence-corrected chi connectivity index (χ4v) is 3.57. The van der Waals surface area contributed by atoms with E-state index in [-0.39, 0.29) is 11.9 Å². The molecule has 2 aromatic carbocycles. The third-order valence-corrected chi connectivity index (χ3v) is 5.15. The molecule has 0 aliphatic carbocycles. The lowest BCUT2D eigenvalue weighted by atomic mass is 10.00. The SMILES string of the molecule is O=C(NCc1ccccc1-c1ccc(Cl)cc1)N1CCC(c2ncn[nH]2)C1. The molecule has 1 saturated heterocycles. The largest absolute Gasteiger partial charge is 0.334 e. The standard InChI is InChI=1S/C20H20ClN5O/c21-17-7-5-14(6-8-17)18-4-2-1-3-15(18)11-22-20(27)26-10-9-16(12-26)19-23-13-24-25-19/h1-8,13,16H,9-12H2,(H,22,27)(H,23,24,25). The van der Waals surface area contributed by atoms with Gasteiger partial charge < -0.3 is 10.2 Å². The first-order valence-electron chi connectivity index (χ1n) is 8.92. The van der Waals surface area contributed by atoms with Crippen LogP contribution >= 0.6 is 11.6 Å². The summed E-state index contributed by atoms with van der Waals surface area (Å²) in [7, 11) is 0. The van der Waals surface area contributed by atoms with E-state index in [0.717, 1.165) is 35.5 Å². The van der Waals surface area contributed by atoms with Crippen molar-refractivity contribution in [3.63, 3.8) is 0 Å². The lowest BCUT2D eigenvalue weighted by molar-refractivity contribution is 0.207. The van der Waals surface area contributed by atoms with Crippen LogP contribution in [0.4, 0.5) is 4.79 Å². The molecule has 0 spiro atoms. The van der Waals surface area contributed by atoms with Gasteiger partial charge in [0.25, 0.3) is 0 Å². The van der Waals surface area contributed by atoms with E-state index in [1.807, 2.05) is 47.4 Å². The number of aromatic nitrogens is 3. The number of hydrogen-bond acceptors (Lipinski definition) is 3. The van der Waals surface area contributed by atoms with Gasteiger partial charge in [0.05, 0.1) is 0 Å². The van der Waals surface area contributed by atoms with Crippen LogP contribution in [-0.2, 0) is 6.54 Å². The number of carbonyl (C=O) groups is 1. The molecule has 2 N–H and O–H groups in total. The summed E-state index contributed by atoms with van der Waals surface area (Å²) in [6, 6.07) is 15.8. The predicted molar refractivity (Wildman–Crippen MR) is 104 cm³/mol. The van der Waals surface area contributed by atoms with E-state index >= 15 is 0 Å². The molecule has 1 atom stereocenters. The highest BCUT2D eigenvalue weighted by molar-refractivity contribution is 6.30. The number of hydrogen-bond donors (Lipinski definition) is 2. The van der Waals surface area contributed by atoms with Gasteiger partial charge in [0.1, 0.15) is 12.2 Å². The van der Waals surface area contributed by atoms with E-state index in [0.29, 0.717) is 18.1 Å². The van der Waals surface area contributed by atoms with E-state index in [9.17, 15) is 4.79 Å². The summed E-state index contributed by atoms with van der Waals surface area (Å²) in [4.78, 5) is 18.6. The molecule has 1 aromatic heterocycles. The van der Waals surface area contributed by atoms with E-state index in [1.54, 1.807) is 0 Å². The number of H-pyrrole nitrogens is 1. The molecule has 1 aliphatic heterocycles. The van der Waals surface area contributed by atoms with Gasteiger partial charge in [-0.05, 0) is 35.2 Å². The van der Waals surface area contributed by atoms with Crippen molar-refractivity contribution in [2.45, 2.75) is 18.9 Å². The summed E-state index contributed by atoms with van der Waals surface area (Å²) in [6.07, 6.45) is 2.40. The Morgan fingerprint density at radius 2 is 2.04 bits per heavy atom. The fourth-order valence-electron chi connectivity index (χ4n) is 3.45. The van der Waals surface area contributed by atoms with Crippen molar-refractivity contribution in [1.82, 2.24) is 25.4 Å². The first-order chi connectivity index (χ1) is 13.2. The van der Waals surface area contributed by atoms with Crippen LogP contribution in [-0.4, -0.2) is 39.2 Å². The van der Waals surface area contributed by atoms with E-state index in [1.165, 1.54) is 6.33 Å². The van der Waals surface area contributed by atoms with E-state index in [4.69, 9.17) is 11.6 Å². The third kappa shape index (κ3) is 3.95. The zero-order chi connectivity index (χ0) is 18.6. The zero-order valence-corrected chi connectivity index (χ0v) is 15.5. The molecule has 0 radical (unpaired) electrons. The summed E-state index contributed by atoms with van der Waals surface area (Å²) in [5, 5.41) is 10.5. The molecule has 1 unspecified atom stereocenters. The van der Waals surface area contributed by atoms with Gasteiger partial charge in [-0.15, -0.1) is 0 Å². The first-order valence-corrected chi connectivity index (χ1v) is 9.30. The van der Waals surface area contributed by atoms with Crippen molar-refractivity contribution >= 4 is 17.6 Å². The minimum Gasteiger partial charge on any atom is -0.334 e. The maximum atomic E-state index is 12.6. The number of nitrogens with zero attached hydrogens (tertiary/aromatic N) is 3. The molecule has 2 heterocycles. The fraction of sp³-hybridized carbons (Fsp3) is 0.250. The van der Waals surface area contributed by atoms with Crippen LogP contribution < -0.4 is 5.32 Å². The maximum absolute atomic E-state index is 12.6. The van der Waals surface area contributed by atoms with E-state index < -0.39 is 0 Å². The van der Waals surface area contributed by atoms with E-state index in [2.05, 4.69) is 26.6 Å². The Bertz CT molecular complexity index is 910. The van der Waals surface area contributed by atoms with Gasteiger partial charge in [0.2, 0.25) is 0 Å². The number of rotatable bonds is 4. The average molecular weight is 382 g/mol. The average Bonchev–Trinajstić information content (AvgIpc) is 3.38. The van der Waals surface area contributed by atoms with Crippen LogP contribution in [0.25, 0.3) is 11.1 Å². The van der Waals surface area contributed by atoms with Gasteiger partial charge in [-0.25, -0.2) is 9.78 Å². The second-order valence-electron chi connectivity index (χ2n) is 6.63. The molecule has 1 aliphatic rings. The lowest BCUT2D eigenvalue weighted by Gasteiger charge is -2.18. The molecule has 6 nitrogen and oxygen atoms in total. The molecule has 4 rings (SSSR count). The Balaban J connectivity index is 1.40. The Labute approximate surface area is 162 Å². The number of benzene rings is 2. The molecule has 7 heteroatoms.